The van der Waals surface area contributed by atoms with Gasteiger partial charge in [0.05, 0.1) is 38.7 Å². The number of aliphatic hydroxyl groups is 1. The molecule has 5 rings (SSSR count). The normalized spacial score (nSPS) is 18.4. The lowest BCUT2D eigenvalue weighted by molar-refractivity contribution is -0.136. The Bertz CT molecular complexity index is 1380. The number of rotatable bonds is 11. The summed E-state index contributed by atoms with van der Waals surface area (Å²) in [5, 5.41) is 12.4. The minimum Gasteiger partial charge on any atom is -0.485 e. The van der Waals surface area contributed by atoms with Gasteiger partial charge in [0.15, 0.2) is 10.9 Å². The number of carbonyl (C=O) groups is 1. The van der Waals surface area contributed by atoms with Gasteiger partial charge in [0.2, 0.25) is 5.91 Å². The Balaban J connectivity index is 1.21. The van der Waals surface area contributed by atoms with E-state index >= 15 is 0 Å². The fourth-order valence-electron chi connectivity index (χ4n) is 5.01. The standard InChI is InChI=1S/C29H32Cl4N4O3S/c1-16(38)18-10-24(31)27(25(32)11-18)40-21-7-8-36(15-21)29-35-13-22(41-29)9-19(12-34)28(39)37(20-5-6-20)14-17-3-2-4-23(30)26(17)33/h2-4,10-11,13,16,19-21,38H,5-9,12,14-15,34H2,1H3/t16?,19-,21+/m0/s1. The Hall–Kier alpha value is -1.78. The molecule has 2 aromatic carbocycles. The number of aliphatic hydroxyl groups excluding tert-OH is 1. The average Bonchev–Trinajstić information content (AvgIpc) is 3.48. The summed E-state index contributed by atoms with van der Waals surface area (Å²) in [5.41, 5.74) is 7.60. The first-order chi connectivity index (χ1) is 19.6. The van der Waals surface area contributed by atoms with Crippen molar-refractivity contribution >= 4 is 68.8 Å². The summed E-state index contributed by atoms with van der Waals surface area (Å²) in [6.45, 7) is 3.72. The van der Waals surface area contributed by atoms with Crippen molar-refractivity contribution in [1.82, 2.24) is 9.88 Å². The summed E-state index contributed by atoms with van der Waals surface area (Å²) in [7, 11) is 0. The molecule has 1 unspecified atom stereocenters. The predicted octanol–water partition coefficient (Wildman–Crippen LogP) is 6.78. The summed E-state index contributed by atoms with van der Waals surface area (Å²) in [6.07, 6.45) is 4.31. The smallest absolute Gasteiger partial charge is 0.227 e. The molecule has 7 nitrogen and oxygen atoms in total. The van der Waals surface area contributed by atoms with Gasteiger partial charge in [-0.15, -0.1) is 11.3 Å². The van der Waals surface area contributed by atoms with Crippen LogP contribution in [-0.2, 0) is 17.8 Å². The maximum Gasteiger partial charge on any atom is 0.227 e. The van der Waals surface area contributed by atoms with Crippen LogP contribution in [0.4, 0.5) is 5.13 Å². The van der Waals surface area contributed by atoms with Gasteiger partial charge in [-0.25, -0.2) is 4.98 Å². The van der Waals surface area contributed by atoms with Crippen LogP contribution in [0.3, 0.4) is 0 Å². The molecule has 1 saturated heterocycles. The molecule has 41 heavy (non-hydrogen) atoms. The molecular weight excluding hydrogens is 626 g/mol. The summed E-state index contributed by atoms with van der Waals surface area (Å²) in [5.74, 6) is 0.101. The van der Waals surface area contributed by atoms with Crippen LogP contribution in [-0.4, -0.2) is 52.7 Å². The largest absolute Gasteiger partial charge is 0.485 e. The first-order valence-electron chi connectivity index (χ1n) is 13.6. The molecule has 3 atom stereocenters. The minimum atomic E-state index is -0.674. The highest BCUT2D eigenvalue weighted by Gasteiger charge is 2.36. The van der Waals surface area contributed by atoms with Crippen molar-refractivity contribution in [1.29, 1.82) is 0 Å². The van der Waals surface area contributed by atoms with Gasteiger partial charge in [-0.2, -0.15) is 0 Å². The molecule has 2 heterocycles. The van der Waals surface area contributed by atoms with Crippen molar-refractivity contribution in [3.63, 3.8) is 0 Å². The van der Waals surface area contributed by atoms with Crippen molar-refractivity contribution in [3.05, 3.63) is 72.6 Å². The Morgan fingerprint density at radius 1 is 1.20 bits per heavy atom. The van der Waals surface area contributed by atoms with Gasteiger partial charge in [0, 0.05) is 43.2 Å². The highest BCUT2D eigenvalue weighted by Crippen LogP contribution is 2.38. The van der Waals surface area contributed by atoms with Gasteiger partial charge in [0.25, 0.3) is 0 Å². The van der Waals surface area contributed by atoms with Crippen LogP contribution in [0, 0.1) is 5.92 Å². The molecule has 2 aliphatic rings. The number of hydrogen-bond acceptors (Lipinski definition) is 7. The zero-order valence-corrected chi connectivity index (χ0v) is 26.4. The summed E-state index contributed by atoms with van der Waals surface area (Å²) < 4.78 is 6.17. The Kier molecular flexibility index (Phi) is 9.91. The second kappa shape index (κ2) is 13.2. The van der Waals surface area contributed by atoms with Crippen LogP contribution >= 0.6 is 57.7 Å². The number of anilines is 1. The third-order valence-corrected chi connectivity index (χ3v) is 9.97. The van der Waals surface area contributed by atoms with Crippen LogP contribution in [0.2, 0.25) is 20.1 Å². The second-order valence-electron chi connectivity index (χ2n) is 10.6. The molecule has 3 N–H and O–H groups in total. The van der Waals surface area contributed by atoms with Gasteiger partial charge >= 0.3 is 0 Å². The van der Waals surface area contributed by atoms with Crippen LogP contribution in [0.5, 0.6) is 5.75 Å². The van der Waals surface area contributed by atoms with E-state index in [0.717, 1.165) is 41.4 Å². The molecule has 12 heteroatoms. The lowest BCUT2D eigenvalue weighted by atomic mass is 10.0. The fraction of sp³-hybridized carbons (Fsp3) is 0.448. The maximum absolute atomic E-state index is 13.6. The van der Waals surface area contributed by atoms with Gasteiger partial charge in [-0.1, -0.05) is 58.5 Å². The van der Waals surface area contributed by atoms with Gasteiger partial charge in [-0.3, -0.25) is 4.79 Å². The minimum absolute atomic E-state index is 0.0333. The van der Waals surface area contributed by atoms with E-state index in [9.17, 15) is 9.90 Å². The predicted molar refractivity (Wildman–Crippen MR) is 167 cm³/mol. The summed E-state index contributed by atoms with van der Waals surface area (Å²) in [4.78, 5) is 23.4. The molecular formula is C29H32Cl4N4O3S. The van der Waals surface area contributed by atoms with Crippen LogP contribution in [0.15, 0.2) is 36.5 Å². The topological polar surface area (TPSA) is 91.9 Å². The van der Waals surface area contributed by atoms with E-state index in [4.69, 9.17) is 56.9 Å². The molecule has 0 bridgehead atoms. The van der Waals surface area contributed by atoms with E-state index in [2.05, 4.69) is 9.88 Å². The molecule has 1 aromatic heterocycles. The van der Waals surface area contributed by atoms with Gasteiger partial charge in [0.1, 0.15) is 6.10 Å². The number of aromatic nitrogens is 1. The Labute approximate surface area is 264 Å². The van der Waals surface area contributed by atoms with Crippen molar-refractivity contribution in [2.45, 2.75) is 57.4 Å². The highest BCUT2D eigenvalue weighted by molar-refractivity contribution is 7.15. The van der Waals surface area contributed by atoms with E-state index in [1.165, 1.54) is 0 Å². The van der Waals surface area contributed by atoms with Crippen molar-refractivity contribution in [2.24, 2.45) is 11.7 Å². The second-order valence-corrected chi connectivity index (χ2v) is 13.3. The molecule has 1 aliphatic carbocycles. The fourth-order valence-corrected chi connectivity index (χ4v) is 7.01. The average molecular weight is 658 g/mol. The number of nitrogens with two attached hydrogens (primary N) is 1. The zero-order chi connectivity index (χ0) is 29.3. The van der Waals surface area contributed by atoms with Gasteiger partial charge < -0.3 is 25.4 Å². The quantitative estimate of drug-likeness (QED) is 0.236. The molecule has 220 valence electrons. The van der Waals surface area contributed by atoms with Crippen molar-refractivity contribution < 1.29 is 14.6 Å². The SMILES string of the molecule is CC(O)c1cc(Cl)c(O[C@@H]2CCN(c3ncc(C[C@@H](CN)C(=O)N(Cc4cccc(Cl)c4Cl)C4CC4)s3)C2)c(Cl)c1. The Morgan fingerprint density at radius 3 is 2.59 bits per heavy atom. The van der Waals surface area contributed by atoms with Crippen LogP contribution in [0.1, 0.15) is 48.3 Å². The van der Waals surface area contributed by atoms with Crippen LogP contribution < -0.4 is 15.4 Å². The highest BCUT2D eigenvalue weighted by atomic mass is 35.5. The van der Waals surface area contributed by atoms with E-state index in [0.29, 0.717) is 50.9 Å². The zero-order valence-electron chi connectivity index (χ0n) is 22.5. The molecule has 3 aromatic rings. The van der Waals surface area contributed by atoms with E-state index in [1.807, 2.05) is 23.2 Å². The monoisotopic (exact) mass is 656 g/mol. The number of nitrogens with zero attached hydrogens (tertiary/aromatic N) is 3. The summed E-state index contributed by atoms with van der Waals surface area (Å²) >= 11 is 27.0. The lowest BCUT2D eigenvalue weighted by Gasteiger charge is -2.27. The number of ether oxygens (including phenoxy) is 1. The number of amides is 1. The number of halogens is 4. The summed E-state index contributed by atoms with van der Waals surface area (Å²) in [6, 6.07) is 9.06. The molecule has 1 aliphatic heterocycles. The maximum atomic E-state index is 13.6. The molecule has 2 fully saturated rings. The van der Waals surface area contributed by atoms with E-state index < -0.39 is 6.10 Å². The van der Waals surface area contributed by atoms with Gasteiger partial charge in [-0.05, 0) is 55.5 Å². The number of carbonyl (C=O) groups excluding carboxylic acids is 1. The molecule has 1 amide bonds. The first kappa shape index (κ1) is 30.7. The number of thiazole rings is 1. The molecule has 0 spiro atoms. The first-order valence-corrected chi connectivity index (χ1v) is 15.9. The third-order valence-electron chi connectivity index (χ3n) is 7.47. The number of hydrogen-bond donors (Lipinski definition) is 2. The van der Waals surface area contributed by atoms with Crippen molar-refractivity contribution in [2.75, 3.05) is 24.5 Å². The molecule has 0 radical (unpaired) electrons. The van der Waals surface area contributed by atoms with E-state index in [1.54, 1.807) is 36.5 Å². The van der Waals surface area contributed by atoms with Crippen LogP contribution in [0.25, 0.3) is 0 Å². The van der Waals surface area contributed by atoms with Crippen molar-refractivity contribution in [3.8, 4) is 5.75 Å². The molecule has 1 saturated carbocycles. The third kappa shape index (κ3) is 7.24. The lowest BCUT2D eigenvalue weighted by Crippen LogP contribution is -2.41. The number of benzene rings is 2. The van der Waals surface area contributed by atoms with E-state index in [-0.39, 0.29) is 30.5 Å². The Morgan fingerprint density at radius 2 is 1.93 bits per heavy atom.